The maximum atomic E-state index is 4.32. The molecule has 1 aliphatic carbocycles. The molecule has 3 atom stereocenters. The molecule has 1 saturated carbocycles. The molecule has 1 aromatic rings. The van der Waals surface area contributed by atoms with Gasteiger partial charge in [-0.15, -0.1) is 0 Å². The highest BCUT2D eigenvalue weighted by atomic mass is 15.0. The maximum absolute atomic E-state index is 4.32. The molecule has 0 amide bonds. The van der Waals surface area contributed by atoms with E-state index in [2.05, 4.69) is 36.1 Å². The zero-order chi connectivity index (χ0) is 11.5. The van der Waals surface area contributed by atoms with Gasteiger partial charge in [0.25, 0.3) is 0 Å². The van der Waals surface area contributed by atoms with Gasteiger partial charge in [-0.25, -0.2) is 4.98 Å². The van der Waals surface area contributed by atoms with E-state index in [9.17, 15) is 0 Å². The fourth-order valence-electron chi connectivity index (χ4n) is 2.76. The lowest BCUT2D eigenvalue weighted by Gasteiger charge is -2.33. The smallest absolute Gasteiger partial charge is 0.0925 e. The molecule has 0 bridgehead atoms. The van der Waals surface area contributed by atoms with Crippen LogP contribution in [0.1, 0.15) is 44.5 Å². The molecule has 1 fully saturated rings. The van der Waals surface area contributed by atoms with Gasteiger partial charge in [0, 0.05) is 18.3 Å². The first-order chi connectivity index (χ1) is 7.66. The molecular weight excluding hydrogens is 198 g/mol. The minimum absolute atomic E-state index is 0.673. The molecule has 2 N–H and O–H groups in total. The maximum Gasteiger partial charge on any atom is 0.0925 e. The molecule has 0 radical (unpaired) electrons. The van der Waals surface area contributed by atoms with E-state index < -0.39 is 0 Å². The molecule has 1 aliphatic rings. The number of aromatic nitrogens is 2. The van der Waals surface area contributed by atoms with Gasteiger partial charge in [0.2, 0.25) is 0 Å². The molecular formula is C13H23N3. The largest absolute Gasteiger partial charge is 0.348 e. The average molecular weight is 221 g/mol. The Hall–Kier alpha value is -0.830. The van der Waals surface area contributed by atoms with E-state index in [0.717, 1.165) is 24.1 Å². The zero-order valence-corrected chi connectivity index (χ0v) is 10.6. The second kappa shape index (κ2) is 5.00. The Morgan fingerprint density at radius 3 is 2.88 bits per heavy atom. The van der Waals surface area contributed by atoms with Crippen LogP contribution in [0.5, 0.6) is 0 Å². The van der Waals surface area contributed by atoms with Crippen molar-refractivity contribution in [2.24, 2.45) is 11.8 Å². The first-order valence-corrected chi connectivity index (χ1v) is 6.39. The molecule has 0 spiro atoms. The summed E-state index contributed by atoms with van der Waals surface area (Å²) >= 11 is 0. The number of hydrogen-bond donors (Lipinski definition) is 2. The minimum atomic E-state index is 0.673. The molecule has 1 aromatic heterocycles. The van der Waals surface area contributed by atoms with Crippen molar-refractivity contribution in [1.29, 1.82) is 0 Å². The first kappa shape index (κ1) is 11.6. The lowest BCUT2D eigenvalue weighted by atomic mass is 9.80. The van der Waals surface area contributed by atoms with Crippen molar-refractivity contribution in [3.8, 4) is 0 Å². The van der Waals surface area contributed by atoms with Crippen LogP contribution in [-0.4, -0.2) is 16.0 Å². The van der Waals surface area contributed by atoms with Crippen molar-refractivity contribution in [1.82, 2.24) is 15.3 Å². The summed E-state index contributed by atoms with van der Waals surface area (Å²) in [7, 11) is 0. The Morgan fingerprint density at radius 1 is 1.44 bits per heavy atom. The molecule has 16 heavy (non-hydrogen) atoms. The van der Waals surface area contributed by atoms with E-state index in [1.807, 2.05) is 0 Å². The number of aromatic amines is 1. The van der Waals surface area contributed by atoms with Gasteiger partial charge in [0.15, 0.2) is 0 Å². The van der Waals surface area contributed by atoms with Crippen molar-refractivity contribution < 1.29 is 0 Å². The standard InChI is InChI=1S/C13H23N3/c1-9-4-5-12(10(2)6-9)14-7-13-11(3)15-8-16-13/h8-10,12,14H,4-7H2,1-3H3,(H,15,16). The Balaban J connectivity index is 1.84. The SMILES string of the molecule is Cc1[nH]cnc1CNC1CCC(C)CC1C. The molecule has 0 aliphatic heterocycles. The van der Waals surface area contributed by atoms with Gasteiger partial charge in [-0.3, -0.25) is 0 Å². The van der Waals surface area contributed by atoms with Gasteiger partial charge in [-0.2, -0.15) is 0 Å². The van der Waals surface area contributed by atoms with Crippen LogP contribution in [0.2, 0.25) is 0 Å². The molecule has 3 heteroatoms. The van der Waals surface area contributed by atoms with Crippen molar-refractivity contribution in [3.05, 3.63) is 17.7 Å². The van der Waals surface area contributed by atoms with E-state index in [-0.39, 0.29) is 0 Å². The first-order valence-electron chi connectivity index (χ1n) is 6.39. The highest BCUT2D eigenvalue weighted by Crippen LogP contribution is 2.28. The second-order valence-corrected chi connectivity index (χ2v) is 5.36. The van der Waals surface area contributed by atoms with Crippen LogP contribution in [-0.2, 0) is 6.54 Å². The molecule has 1 heterocycles. The Bertz CT molecular complexity index is 332. The number of rotatable bonds is 3. The summed E-state index contributed by atoms with van der Waals surface area (Å²) in [6.45, 7) is 7.71. The monoisotopic (exact) mass is 221 g/mol. The van der Waals surface area contributed by atoms with Gasteiger partial charge in [0.05, 0.1) is 12.0 Å². The Labute approximate surface area is 98.1 Å². The summed E-state index contributed by atoms with van der Waals surface area (Å²) < 4.78 is 0. The topological polar surface area (TPSA) is 40.7 Å². The van der Waals surface area contributed by atoms with Crippen molar-refractivity contribution in [2.45, 2.75) is 52.6 Å². The van der Waals surface area contributed by atoms with Crippen LogP contribution in [0.4, 0.5) is 0 Å². The quantitative estimate of drug-likeness (QED) is 0.823. The summed E-state index contributed by atoms with van der Waals surface area (Å²) in [6, 6.07) is 0.673. The molecule has 3 nitrogen and oxygen atoms in total. The molecule has 2 rings (SSSR count). The van der Waals surface area contributed by atoms with Crippen LogP contribution in [0.15, 0.2) is 6.33 Å². The highest BCUT2D eigenvalue weighted by Gasteiger charge is 2.24. The van der Waals surface area contributed by atoms with Gasteiger partial charge in [0.1, 0.15) is 0 Å². The third-order valence-electron chi connectivity index (χ3n) is 3.90. The van der Waals surface area contributed by atoms with Gasteiger partial charge in [-0.05, 0) is 38.0 Å². The van der Waals surface area contributed by atoms with Crippen LogP contribution in [0.3, 0.4) is 0 Å². The van der Waals surface area contributed by atoms with Gasteiger partial charge in [-0.1, -0.05) is 13.8 Å². The number of imidazole rings is 1. The third kappa shape index (κ3) is 2.64. The summed E-state index contributed by atoms with van der Waals surface area (Å²) in [6.07, 6.45) is 5.81. The summed E-state index contributed by atoms with van der Waals surface area (Å²) in [5.41, 5.74) is 2.34. The number of hydrogen-bond acceptors (Lipinski definition) is 2. The lowest BCUT2D eigenvalue weighted by molar-refractivity contribution is 0.226. The third-order valence-corrected chi connectivity index (χ3v) is 3.90. The predicted octanol–water partition coefficient (Wildman–Crippen LogP) is 2.63. The fraction of sp³-hybridized carbons (Fsp3) is 0.769. The van der Waals surface area contributed by atoms with E-state index in [1.54, 1.807) is 6.33 Å². The summed E-state index contributed by atoms with van der Waals surface area (Å²) in [4.78, 5) is 7.45. The van der Waals surface area contributed by atoms with Crippen LogP contribution >= 0.6 is 0 Å². The van der Waals surface area contributed by atoms with E-state index in [4.69, 9.17) is 0 Å². The number of nitrogens with zero attached hydrogens (tertiary/aromatic N) is 1. The Kier molecular flexibility index (Phi) is 3.64. The van der Waals surface area contributed by atoms with Crippen molar-refractivity contribution in [3.63, 3.8) is 0 Å². The molecule has 0 saturated heterocycles. The highest BCUT2D eigenvalue weighted by molar-refractivity contribution is 5.08. The van der Waals surface area contributed by atoms with Crippen LogP contribution in [0, 0.1) is 18.8 Å². The molecule has 3 unspecified atom stereocenters. The van der Waals surface area contributed by atoms with Crippen LogP contribution < -0.4 is 5.32 Å². The number of H-pyrrole nitrogens is 1. The van der Waals surface area contributed by atoms with E-state index >= 15 is 0 Å². The molecule has 0 aromatic carbocycles. The lowest BCUT2D eigenvalue weighted by Crippen LogP contribution is -2.38. The van der Waals surface area contributed by atoms with Crippen LogP contribution in [0.25, 0.3) is 0 Å². The van der Waals surface area contributed by atoms with Gasteiger partial charge >= 0.3 is 0 Å². The summed E-state index contributed by atoms with van der Waals surface area (Å²) in [5, 5.41) is 3.65. The Morgan fingerprint density at radius 2 is 2.25 bits per heavy atom. The minimum Gasteiger partial charge on any atom is -0.348 e. The number of nitrogens with one attached hydrogen (secondary N) is 2. The van der Waals surface area contributed by atoms with Crippen molar-refractivity contribution in [2.75, 3.05) is 0 Å². The normalized spacial score (nSPS) is 30.6. The fourth-order valence-corrected chi connectivity index (χ4v) is 2.76. The molecule has 90 valence electrons. The predicted molar refractivity (Wildman–Crippen MR) is 66.1 cm³/mol. The van der Waals surface area contributed by atoms with E-state index in [0.29, 0.717) is 6.04 Å². The average Bonchev–Trinajstić information content (AvgIpc) is 2.63. The zero-order valence-electron chi connectivity index (χ0n) is 10.6. The van der Waals surface area contributed by atoms with Crippen molar-refractivity contribution >= 4 is 0 Å². The van der Waals surface area contributed by atoms with Gasteiger partial charge < -0.3 is 10.3 Å². The number of aryl methyl sites for hydroxylation is 1. The summed E-state index contributed by atoms with van der Waals surface area (Å²) in [5.74, 6) is 1.70. The van der Waals surface area contributed by atoms with E-state index in [1.165, 1.54) is 25.0 Å². The second-order valence-electron chi connectivity index (χ2n) is 5.36.